The molecule has 0 saturated carbocycles. The third-order valence-corrected chi connectivity index (χ3v) is 5.08. The number of rotatable bonds is 6. The maximum absolute atomic E-state index is 11.5. The molecular formula is C17H23N5OS. The Kier molecular flexibility index (Phi) is 5.30. The number of carbonyl (C=O) groups is 1. The van der Waals surface area contributed by atoms with E-state index in [2.05, 4.69) is 31.7 Å². The molecule has 2 aromatic rings. The van der Waals surface area contributed by atoms with Crippen molar-refractivity contribution in [3.8, 4) is 0 Å². The fourth-order valence-corrected chi connectivity index (χ4v) is 3.68. The first kappa shape index (κ1) is 16.7. The van der Waals surface area contributed by atoms with Crippen LogP contribution in [0.1, 0.15) is 31.2 Å². The zero-order chi connectivity index (χ0) is 16.9. The molecule has 0 bridgehead atoms. The number of nitrogens with one attached hydrogen (secondary N) is 1. The van der Waals surface area contributed by atoms with Gasteiger partial charge in [0.2, 0.25) is 11.0 Å². The lowest BCUT2D eigenvalue weighted by Gasteiger charge is -2.34. The molecule has 0 spiro atoms. The van der Waals surface area contributed by atoms with Crippen molar-refractivity contribution in [3.63, 3.8) is 0 Å². The van der Waals surface area contributed by atoms with Gasteiger partial charge in [-0.2, -0.15) is 4.37 Å². The van der Waals surface area contributed by atoms with Gasteiger partial charge in [-0.1, -0.05) is 25.1 Å². The Morgan fingerprint density at radius 3 is 3.04 bits per heavy atom. The predicted octanol–water partition coefficient (Wildman–Crippen LogP) is 2.41. The number of primary amides is 1. The lowest BCUT2D eigenvalue weighted by atomic mass is 9.96. The van der Waals surface area contributed by atoms with Crippen molar-refractivity contribution in [1.29, 1.82) is 0 Å². The lowest BCUT2D eigenvalue weighted by molar-refractivity contribution is -0.122. The molecule has 1 aromatic heterocycles. The van der Waals surface area contributed by atoms with Crippen LogP contribution in [0.15, 0.2) is 24.3 Å². The van der Waals surface area contributed by atoms with Crippen molar-refractivity contribution in [2.75, 3.05) is 23.3 Å². The maximum atomic E-state index is 11.5. The van der Waals surface area contributed by atoms with Gasteiger partial charge in [0.25, 0.3) is 0 Å². The highest BCUT2D eigenvalue weighted by molar-refractivity contribution is 7.09. The first-order chi connectivity index (χ1) is 11.7. The lowest BCUT2D eigenvalue weighted by Crippen LogP contribution is -2.41. The summed E-state index contributed by atoms with van der Waals surface area (Å²) in [6.07, 6.45) is 2.72. The van der Waals surface area contributed by atoms with E-state index in [4.69, 9.17) is 5.73 Å². The minimum atomic E-state index is -0.198. The summed E-state index contributed by atoms with van der Waals surface area (Å²) < 4.78 is 4.29. The number of benzene rings is 1. The largest absolute Gasteiger partial charge is 0.370 e. The number of aromatic nitrogens is 2. The van der Waals surface area contributed by atoms with Gasteiger partial charge in [-0.3, -0.25) is 4.79 Å². The normalized spacial score (nSPS) is 17.7. The van der Waals surface area contributed by atoms with Crippen LogP contribution < -0.4 is 16.0 Å². The first-order valence-corrected chi connectivity index (χ1v) is 9.13. The molecule has 3 rings (SSSR count). The second kappa shape index (κ2) is 7.61. The number of piperidine rings is 1. The van der Waals surface area contributed by atoms with E-state index < -0.39 is 0 Å². The summed E-state index contributed by atoms with van der Waals surface area (Å²) in [4.78, 5) is 18.2. The summed E-state index contributed by atoms with van der Waals surface area (Å²) in [5, 5.41) is 4.20. The number of hydrogen-bond acceptors (Lipinski definition) is 6. The number of nitrogens with zero attached hydrogens (tertiary/aromatic N) is 3. The monoisotopic (exact) mass is 345 g/mol. The molecule has 1 atom stereocenters. The van der Waals surface area contributed by atoms with Gasteiger partial charge in [-0.25, -0.2) is 4.98 Å². The maximum Gasteiger partial charge on any atom is 0.222 e. The molecule has 24 heavy (non-hydrogen) atoms. The number of anilines is 2. The van der Waals surface area contributed by atoms with Gasteiger partial charge in [-0.15, -0.1) is 0 Å². The highest BCUT2D eigenvalue weighted by Gasteiger charge is 2.25. The number of nitrogens with two attached hydrogens (primary N) is 1. The number of para-hydroxylation sites is 1. The topological polar surface area (TPSA) is 84.1 Å². The van der Waals surface area contributed by atoms with Crippen molar-refractivity contribution >= 4 is 28.3 Å². The first-order valence-electron chi connectivity index (χ1n) is 8.36. The van der Waals surface area contributed by atoms with E-state index in [9.17, 15) is 4.79 Å². The number of hydrogen-bond donors (Lipinski definition) is 2. The van der Waals surface area contributed by atoms with Crippen LogP contribution in [0.5, 0.6) is 0 Å². The quantitative estimate of drug-likeness (QED) is 0.840. The Morgan fingerprint density at radius 2 is 2.29 bits per heavy atom. The molecular weight excluding hydrogens is 322 g/mol. The Balaban J connectivity index is 1.71. The van der Waals surface area contributed by atoms with Crippen LogP contribution in [0.4, 0.5) is 10.8 Å². The second-order valence-corrected chi connectivity index (χ2v) is 6.79. The van der Waals surface area contributed by atoms with E-state index >= 15 is 0 Å². The Bertz CT molecular complexity index is 702. The van der Waals surface area contributed by atoms with Crippen LogP contribution in [0.25, 0.3) is 0 Å². The third kappa shape index (κ3) is 3.84. The number of carbonyl (C=O) groups excluding carboxylic acids is 1. The van der Waals surface area contributed by atoms with Gasteiger partial charge in [0.15, 0.2) is 0 Å². The fraction of sp³-hybridized carbons (Fsp3) is 0.471. The van der Waals surface area contributed by atoms with Crippen molar-refractivity contribution < 1.29 is 4.79 Å². The van der Waals surface area contributed by atoms with Crippen LogP contribution in [-0.4, -0.2) is 28.4 Å². The molecule has 0 radical (unpaired) electrons. The van der Waals surface area contributed by atoms with Crippen LogP contribution >= 0.6 is 11.5 Å². The van der Waals surface area contributed by atoms with Crippen LogP contribution in [0, 0.1) is 5.92 Å². The Hall–Kier alpha value is -2.15. The molecule has 3 N–H and O–H groups in total. The molecule has 2 heterocycles. The predicted molar refractivity (Wildman–Crippen MR) is 97.2 cm³/mol. The Labute approximate surface area is 146 Å². The van der Waals surface area contributed by atoms with Crippen molar-refractivity contribution in [3.05, 3.63) is 35.7 Å². The molecule has 0 unspecified atom stereocenters. The molecule has 1 amide bonds. The van der Waals surface area contributed by atoms with Gasteiger partial charge in [0.1, 0.15) is 5.82 Å². The van der Waals surface area contributed by atoms with Crippen LogP contribution in [0.3, 0.4) is 0 Å². The van der Waals surface area contributed by atoms with Gasteiger partial charge in [0.05, 0.1) is 5.92 Å². The zero-order valence-corrected chi connectivity index (χ0v) is 14.7. The van der Waals surface area contributed by atoms with Gasteiger partial charge < -0.3 is 16.0 Å². The minimum Gasteiger partial charge on any atom is -0.370 e. The summed E-state index contributed by atoms with van der Waals surface area (Å²) in [6, 6.07) is 8.29. The zero-order valence-electron chi connectivity index (χ0n) is 13.9. The van der Waals surface area contributed by atoms with Gasteiger partial charge >= 0.3 is 0 Å². The minimum absolute atomic E-state index is 0.0601. The van der Waals surface area contributed by atoms with E-state index in [1.165, 1.54) is 17.1 Å². The van der Waals surface area contributed by atoms with E-state index in [1.807, 2.05) is 19.1 Å². The Morgan fingerprint density at radius 1 is 1.46 bits per heavy atom. The molecule has 1 fully saturated rings. The summed E-state index contributed by atoms with van der Waals surface area (Å²) in [6.45, 7) is 4.39. The van der Waals surface area contributed by atoms with E-state index in [1.54, 1.807) is 0 Å². The summed E-state index contributed by atoms with van der Waals surface area (Å²) in [5.74, 6) is 0.613. The van der Waals surface area contributed by atoms with E-state index in [0.29, 0.717) is 13.1 Å². The van der Waals surface area contributed by atoms with Crippen LogP contribution in [0.2, 0.25) is 0 Å². The summed E-state index contributed by atoms with van der Waals surface area (Å²) >= 11 is 1.39. The standard InChI is InChI=1S/C17H23N5OS/c1-2-15-20-17(24-21-15)19-10-12-6-3-4-8-14(12)22-9-5-7-13(11-22)16(18)23/h3-4,6,8,13H,2,5,7,9-11H2,1H3,(H2,18,23)(H,19,20,21)/t13-/m1/s1. The van der Waals surface area contributed by atoms with Crippen LogP contribution in [-0.2, 0) is 17.8 Å². The molecule has 7 heteroatoms. The molecule has 1 aliphatic heterocycles. The van der Waals surface area contributed by atoms with Crippen molar-refractivity contribution in [2.45, 2.75) is 32.7 Å². The number of amides is 1. The highest BCUT2D eigenvalue weighted by atomic mass is 32.1. The number of aryl methyl sites for hydroxylation is 1. The van der Waals surface area contributed by atoms with Gasteiger partial charge in [0, 0.05) is 43.3 Å². The average molecular weight is 345 g/mol. The molecule has 1 aromatic carbocycles. The second-order valence-electron chi connectivity index (χ2n) is 6.04. The molecule has 1 aliphatic rings. The molecule has 1 saturated heterocycles. The average Bonchev–Trinajstić information content (AvgIpc) is 3.08. The molecule has 128 valence electrons. The summed E-state index contributed by atoms with van der Waals surface area (Å²) in [5.41, 5.74) is 7.86. The van der Waals surface area contributed by atoms with Crippen molar-refractivity contribution in [1.82, 2.24) is 9.36 Å². The third-order valence-electron chi connectivity index (χ3n) is 4.37. The fourth-order valence-electron chi connectivity index (χ4n) is 3.04. The van der Waals surface area contributed by atoms with Crippen molar-refractivity contribution in [2.24, 2.45) is 11.7 Å². The highest BCUT2D eigenvalue weighted by Crippen LogP contribution is 2.27. The van der Waals surface area contributed by atoms with E-state index in [0.717, 1.165) is 42.5 Å². The summed E-state index contributed by atoms with van der Waals surface area (Å²) in [7, 11) is 0. The molecule has 0 aliphatic carbocycles. The van der Waals surface area contributed by atoms with Gasteiger partial charge in [-0.05, 0) is 24.5 Å². The SMILES string of the molecule is CCc1nsc(NCc2ccccc2N2CCC[C@@H](C(N)=O)C2)n1. The smallest absolute Gasteiger partial charge is 0.222 e. The molecule has 6 nitrogen and oxygen atoms in total. The van der Waals surface area contributed by atoms with E-state index in [-0.39, 0.29) is 11.8 Å².